The topological polar surface area (TPSA) is 86.8 Å². The van der Waals surface area contributed by atoms with Gasteiger partial charge in [0.25, 0.3) is 11.8 Å². The second kappa shape index (κ2) is 12.8. The zero-order chi connectivity index (χ0) is 27.2. The maximum atomic E-state index is 13.6. The van der Waals surface area contributed by atoms with Crippen LogP contribution in [0.2, 0.25) is 10.0 Å². The van der Waals surface area contributed by atoms with Crippen LogP contribution in [0.15, 0.2) is 42.5 Å². The third-order valence-electron chi connectivity index (χ3n) is 7.32. The molecule has 4 amide bonds. The lowest BCUT2D eigenvalue weighted by atomic mass is 9.95. The Kier molecular flexibility index (Phi) is 9.44. The van der Waals surface area contributed by atoms with Gasteiger partial charge in [-0.1, -0.05) is 67.6 Å². The minimum atomic E-state index is -0.654. The standard InChI is InChI=1S/C29H33Cl2N3O4/c1-2-25(27(36)32-20-9-4-3-5-10-20)34(18-19-14-15-23(30)24(31)17-19)26(35)13-8-16-33-28(37)21-11-6-7-12-22(21)29(33)38/h6-7,11-12,14-15,17,20,25H,2-5,8-10,13,16,18H2,1H3,(H,32,36)/t25-/m0/s1. The highest BCUT2D eigenvalue weighted by molar-refractivity contribution is 6.42. The van der Waals surface area contributed by atoms with Gasteiger partial charge in [0, 0.05) is 25.6 Å². The van der Waals surface area contributed by atoms with Crippen molar-refractivity contribution < 1.29 is 19.2 Å². The van der Waals surface area contributed by atoms with Crippen LogP contribution >= 0.6 is 23.2 Å². The second-order valence-corrected chi connectivity index (χ2v) is 10.8. The van der Waals surface area contributed by atoms with Gasteiger partial charge in [-0.3, -0.25) is 24.1 Å². The van der Waals surface area contributed by atoms with Crippen LogP contribution in [0.25, 0.3) is 0 Å². The van der Waals surface area contributed by atoms with Crippen molar-refractivity contribution in [3.8, 4) is 0 Å². The molecule has 1 aliphatic heterocycles. The largest absolute Gasteiger partial charge is 0.352 e. The van der Waals surface area contributed by atoms with E-state index in [0.717, 1.165) is 31.2 Å². The molecule has 0 aromatic heterocycles. The number of amides is 4. The van der Waals surface area contributed by atoms with E-state index in [9.17, 15) is 19.2 Å². The summed E-state index contributed by atoms with van der Waals surface area (Å²) in [6, 6.07) is 11.4. The van der Waals surface area contributed by atoms with E-state index in [4.69, 9.17) is 23.2 Å². The fourth-order valence-electron chi connectivity index (χ4n) is 5.27. The van der Waals surface area contributed by atoms with Gasteiger partial charge in [0.05, 0.1) is 21.2 Å². The number of imide groups is 1. The molecule has 202 valence electrons. The van der Waals surface area contributed by atoms with Crippen molar-refractivity contribution in [3.05, 3.63) is 69.2 Å². The van der Waals surface area contributed by atoms with Crippen molar-refractivity contribution in [2.75, 3.05) is 6.54 Å². The van der Waals surface area contributed by atoms with Crippen molar-refractivity contribution >= 4 is 46.8 Å². The fraction of sp³-hybridized carbons (Fsp3) is 0.448. The van der Waals surface area contributed by atoms with Crippen LogP contribution in [0, 0.1) is 0 Å². The SMILES string of the molecule is CC[C@@H](C(=O)NC1CCCCC1)N(Cc1ccc(Cl)c(Cl)c1)C(=O)CCCN1C(=O)c2ccccc2C1=O. The highest BCUT2D eigenvalue weighted by Crippen LogP contribution is 2.26. The Balaban J connectivity index is 1.46. The fourth-order valence-corrected chi connectivity index (χ4v) is 5.59. The molecule has 0 unspecified atom stereocenters. The molecule has 0 radical (unpaired) electrons. The van der Waals surface area contributed by atoms with E-state index in [-0.39, 0.29) is 49.2 Å². The summed E-state index contributed by atoms with van der Waals surface area (Å²) in [5.41, 5.74) is 1.53. The Morgan fingerprint density at radius 2 is 1.66 bits per heavy atom. The maximum absolute atomic E-state index is 13.6. The molecule has 0 spiro atoms. The van der Waals surface area contributed by atoms with Crippen LogP contribution < -0.4 is 5.32 Å². The molecule has 0 saturated heterocycles. The van der Waals surface area contributed by atoms with Crippen molar-refractivity contribution in [1.29, 1.82) is 0 Å². The quantitative estimate of drug-likeness (QED) is 0.383. The van der Waals surface area contributed by atoms with E-state index in [1.807, 2.05) is 6.92 Å². The Morgan fingerprint density at radius 1 is 1.00 bits per heavy atom. The zero-order valence-corrected chi connectivity index (χ0v) is 23.1. The second-order valence-electron chi connectivity index (χ2n) is 9.95. The van der Waals surface area contributed by atoms with E-state index >= 15 is 0 Å². The summed E-state index contributed by atoms with van der Waals surface area (Å²) in [7, 11) is 0. The van der Waals surface area contributed by atoms with E-state index in [0.29, 0.717) is 34.0 Å². The lowest BCUT2D eigenvalue weighted by Crippen LogP contribution is -2.51. The smallest absolute Gasteiger partial charge is 0.261 e. The summed E-state index contributed by atoms with van der Waals surface area (Å²) in [6.07, 6.45) is 6.08. The van der Waals surface area contributed by atoms with Crippen LogP contribution in [0.3, 0.4) is 0 Å². The maximum Gasteiger partial charge on any atom is 0.261 e. The number of nitrogens with zero attached hydrogens (tertiary/aromatic N) is 2. The van der Waals surface area contributed by atoms with Gasteiger partial charge in [0.15, 0.2) is 0 Å². The summed E-state index contributed by atoms with van der Waals surface area (Å²) in [6.45, 7) is 2.21. The lowest BCUT2D eigenvalue weighted by Gasteiger charge is -2.33. The van der Waals surface area contributed by atoms with Crippen LogP contribution in [0.1, 0.15) is 84.6 Å². The molecular formula is C29H33Cl2N3O4. The molecule has 2 aromatic rings. The van der Waals surface area contributed by atoms with Gasteiger partial charge in [-0.15, -0.1) is 0 Å². The van der Waals surface area contributed by atoms with E-state index in [1.165, 1.54) is 11.3 Å². The molecule has 1 heterocycles. The van der Waals surface area contributed by atoms with Crippen molar-refractivity contribution in [2.24, 2.45) is 0 Å². The predicted molar refractivity (Wildman–Crippen MR) is 147 cm³/mol. The molecule has 1 aliphatic carbocycles. The van der Waals surface area contributed by atoms with E-state index in [2.05, 4.69) is 5.32 Å². The molecule has 7 nitrogen and oxygen atoms in total. The van der Waals surface area contributed by atoms with E-state index < -0.39 is 6.04 Å². The molecule has 9 heteroatoms. The molecule has 0 bridgehead atoms. The Labute approximate surface area is 233 Å². The number of halogens is 2. The first kappa shape index (κ1) is 28.1. The summed E-state index contributed by atoms with van der Waals surface area (Å²) >= 11 is 12.3. The molecule has 4 rings (SSSR count). The van der Waals surface area contributed by atoms with Gasteiger partial charge < -0.3 is 10.2 Å². The molecule has 1 saturated carbocycles. The molecule has 2 aliphatic rings. The third-order valence-corrected chi connectivity index (χ3v) is 8.06. The molecule has 2 aromatic carbocycles. The number of rotatable bonds is 10. The number of hydrogen-bond acceptors (Lipinski definition) is 4. The minimum Gasteiger partial charge on any atom is -0.352 e. The van der Waals surface area contributed by atoms with Gasteiger partial charge in [-0.05, 0) is 55.5 Å². The number of nitrogens with one attached hydrogen (secondary N) is 1. The molecule has 38 heavy (non-hydrogen) atoms. The monoisotopic (exact) mass is 557 g/mol. The summed E-state index contributed by atoms with van der Waals surface area (Å²) in [4.78, 5) is 55.0. The number of carbonyl (C=O) groups is 4. The van der Waals surface area contributed by atoms with Crippen LogP contribution in [0.4, 0.5) is 0 Å². The first-order valence-electron chi connectivity index (χ1n) is 13.3. The predicted octanol–water partition coefficient (Wildman–Crippen LogP) is 5.63. The van der Waals surface area contributed by atoms with Crippen molar-refractivity contribution in [1.82, 2.24) is 15.1 Å². The minimum absolute atomic E-state index is 0.0853. The average Bonchev–Trinajstić information content (AvgIpc) is 3.16. The van der Waals surface area contributed by atoms with Gasteiger partial charge in [-0.2, -0.15) is 0 Å². The molecular weight excluding hydrogens is 525 g/mol. The van der Waals surface area contributed by atoms with Crippen LogP contribution in [0.5, 0.6) is 0 Å². The summed E-state index contributed by atoms with van der Waals surface area (Å²) < 4.78 is 0. The molecule has 1 fully saturated rings. The van der Waals surface area contributed by atoms with E-state index in [1.54, 1.807) is 47.4 Å². The average molecular weight is 559 g/mol. The normalized spacial score (nSPS) is 16.3. The summed E-state index contributed by atoms with van der Waals surface area (Å²) in [5, 5.41) is 3.95. The first-order valence-corrected chi connectivity index (χ1v) is 14.0. The number of fused-ring (bicyclic) bond motifs is 1. The first-order chi connectivity index (χ1) is 18.3. The Hall–Kier alpha value is -2.90. The number of benzene rings is 2. The van der Waals surface area contributed by atoms with Crippen LogP contribution in [-0.4, -0.2) is 52.1 Å². The van der Waals surface area contributed by atoms with Crippen molar-refractivity contribution in [3.63, 3.8) is 0 Å². The summed E-state index contributed by atoms with van der Waals surface area (Å²) in [5.74, 6) is -1.07. The Morgan fingerprint density at radius 3 is 2.26 bits per heavy atom. The highest BCUT2D eigenvalue weighted by atomic mass is 35.5. The Bertz CT molecular complexity index is 1180. The van der Waals surface area contributed by atoms with Gasteiger partial charge in [0.1, 0.15) is 6.04 Å². The molecule has 1 N–H and O–H groups in total. The van der Waals surface area contributed by atoms with Gasteiger partial charge >= 0.3 is 0 Å². The molecule has 1 atom stereocenters. The third kappa shape index (κ3) is 6.38. The van der Waals surface area contributed by atoms with Crippen LogP contribution in [-0.2, 0) is 16.1 Å². The van der Waals surface area contributed by atoms with Gasteiger partial charge in [-0.25, -0.2) is 0 Å². The van der Waals surface area contributed by atoms with Crippen molar-refractivity contribution in [2.45, 2.75) is 76.9 Å². The number of carbonyl (C=O) groups excluding carboxylic acids is 4. The lowest BCUT2D eigenvalue weighted by molar-refractivity contribution is -0.142. The zero-order valence-electron chi connectivity index (χ0n) is 21.6. The van der Waals surface area contributed by atoms with Gasteiger partial charge in [0.2, 0.25) is 11.8 Å². The number of hydrogen-bond donors (Lipinski definition) is 1. The highest BCUT2D eigenvalue weighted by Gasteiger charge is 2.35.